The lowest BCUT2D eigenvalue weighted by Gasteiger charge is -2.14. The Labute approximate surface area is 153 Å². The zero-order valence-corrected chi connectivity index (χ0v) is 15.2. The Hall–Kier alpha value is -2.30. The normalized spacial score (nSPS) is 12.0. The van der Waals surface area contributed by atoms with Crippen LogP contribution in [0, 0.1) is 0 Å². The topological polar surface area (TPSA) is 68.3 Å². The molecule has 0 spiro atoms. The van der Waals surface area contributed by atoms with Crippen LogP contribution in [0.5, 0.6) is 0 Å². The lowest BCUT2D eigenvalue weighted by atomic mass is 9.99. The fraction of sp³-hybridized carbons (Fsp3) is 0.250. The zero-order valence-electron chi connectivity index (χ0n) is 14.4. The van der Waals surface area contributed by atoms with Crippen LogP contribution in [-0.2, 0) is 0 Å². The Balaban J connectivity index is 0.00000225. The van der Waals surface area contributed by atoms with Crippen molar-refractivity contribution in [1.82, 2.24) is 5.32 Å². The predicted octanol–water partition coefficient (Wildman–Crippen LogP) is 4.41. The minimum atomic E-state index is -0.242. The zero-order chi connectivity index (χ0) is 17.1. The van der Waals surface area contributed by atoms with E-state index < -0.39 is 0 Å². The van der Waals surface area contributed by atoms with Gasteiger partial charge in [0, 0.05) is 18.0 Å². The van der Waals surface area contributed by atoms with Crippen molar-refractivity contribution in [3.63, 3.8) is 0 Å². The summed E-state index contributed by atoms with van der Waals surface area (Å²) in [7, 11) is 0. The van der Waals surface area contributed by atoms with Crippen LogP contribution in [0.4, 0.5) is 0 Å². The third-order valence-corrected chi connectivity index (χ3v) is 4.24. The number of rotatable bonds is 5. The first-order chi connectivity index (χ1) is 11.6. The molecule has 3 N–H and O–H groups in total. The summed E-state index contributed by atoms with van der Waals surface area (Å²) in [6, 6.07) is 15.5. The minimum absolute atomic E-state index is 0. The van der Waals surface area contributed by atoms with Crippen LogP contribution < -0.4 is 11.1 Å². The quantitative estimate of drug-likeness (QED) is 0.709. The molecular weight excluding hydrogens is 336 g/mol. The highest BCUT2D eigenvalue weighted by Crippen LogP contribution is 2.21. The van der Waals surface area contributed by atoms with Crippen LogP contribution in [0.15, 0.2) is 59.2 Å². The Morgan fingerprint density at radius 2 is 1.72 bits per heavy atom. The van der Waals surface area contributed by atoms with Gasteiger partial charge in [0.05, 0.1) is 5.56 Å². The summed E-state index contributed by atoms with van der Waals surface area (Å²) >= 11 is 0. The van der Waals surface area contributed by atoms with Crippen molar-refractivity contribution in [1.29, 1.82) is 0 Å². The number of fused-ring (bicyclic) bond motifs is 1. The molecule has 2 aromatic carbocycles. The molecule has 1 amide bonds. The van der Waals surface area contributed by atoms with Gasteiger partial charge in [0.25, 0.3) is 5.91 Å². The Morgan fingerprint density at radius 1 is 1.08 bits per heavy atom. The van der Waals surface area contributed by atoms with Gasteiger partial charge in [-0.05, 0) is 23.1 Å². The number of benzene rings is 2. The molecule has 25 heavy (non-hydrogen) atoms. The minimum Gasteiger partial charge on any atom is -0.463 e. The van der Waals surface area contributed by atoms with Crippen molar-refractivity contribution in [3.05, 3.63) is 71.5 Å². The van der Waals surface area contributed by atoms with Crippen LogP contribution in [0.2, 0.25) is 0 Å². The van der Waals surface area contributed by atoms with Crippen molar-refractivity contribution in [2.75, 3.05) is 6.54 Å². The Kier molecular flexibility index (Phi) is 6.23. The second kappa shape index (κ2) is 8.19. The first-order valence-electron chi connectivity index (χ1n) is 8.16. The highest BCUT2D eigenvalue weighted by Gasteiger charge is 2.15. The van der Waals surface area contributed by atoms with Gasteiger partial charge in [-0.3, -0.25) is 4.79 Å². The molecule has 3 aromatic rings. The van der Waals surface area contributed by atoms with Crippen LogP contribution in [0.3, 0.4) is 0 Å². The van der Waals surface area contributed by atoms with Gasteiger partial charge in [0.1, 0.15) is 11.8 Å². The van der Waals surface area contributed by atoms with E-state index in [2.05, 4.69) is 31.3 Å². The SMILES string of the molecule is CC(C)c1ccc(C(N)CNC(=O)c2coc3ccccc23)cc1.Cl. The fourth-order valence-electron chi connectivity index (χ4n) is 2.70. The van der Waals surface area contributed by atoms with Gasteiger partial charge in [-0.15, -0.1) is 12.4 Å². The Morgan fingerprint density at radius 3 is 2.40 bits per heavy atom. The van der Waals surface area contributed by atoms with E-state index in [1.807, 2.05) is 36.4 Å². The lowest BCUT2D eigenvalue weighted by molar-refractivity contribution is 0.0952. The summed E-state index contributed by atoms with van der Waals surface area (Å²) in [5.74, 6) is 0.318. The van der Waals surface area contributed by atoms with Gasteiger partial charge >= 0.3 is 0 Å². The highest BCUT2D eigenvalue weighted by molar-refractivity contribution is 6.05. The summed E-state index contributed by atoms with van der Waals surface area (Å²) < 4.78 is 5.41. The van der Waals surface area contributed by atoms with E-state index in [1.54, 1.807) is 0 Å². The van der Waals surface area contributed by atoms with E-state index in [0.717, 1.165) is 10.9 Å². The number of halogens is 1. The maximum absolute atomic E-state index is 12.4. The van der Waals surface area contributed by atoms with E-state index in [9.17, 15) is 4.79 Å². The number of nitrogens with two attached hydrogens (primary N) is 1. The number of carbonyl (C=O) groups is 1. The van der Waals surface area contributed by atoms with Crippen molar-refractivity contribution in [2.45, 2.75) is 25.8 Å². The molecule has 1 atom stereocenters. The summed E-state index contributed by atoms with van der Waals surface area (Å²) in [5.41, 5.74) is 9.73. The van der Waals surface area contributed by atoms with E-state index in [4.69, 9.17) is 10.2 Å². The molecule has 1 heterocycles. The second-order valence-corrected chi connectivity index (χ2v) is 6.28. The standard InChI is InChI=1S/C20H22N2O2.ClH/c1-13(2)14-7-9-15(10-8-14)18(21)11-22-20(23)17-12-24-19-6-4-3-5-16(17)19;/h3-10,12-13,18H,11,21H2,1-2H3,(H,22,23);1H. The molecule has 0 bridgehead atoms. The predicted molar refractivity (Wildman–Crippen MR) is 103 cm³/mol. The van der Waals surface area contributed by atoms with Crippen LogP contribution >= 0.6 is 12.4 Å². The molecule has 0 radical (unpaired) electrons. The molecule has 132 valence electrons. The fourth-order valence-corrected chi connectivity index (χ4v) is 2.70. The number of hydrogen-bond donors (Lipinski definition) is 2. The van der Waals surface area contributed by atoms with Crippen molar-refractivity contribution in [2.24, 2.45) is 5.73 Å². The van der Waals surface area contributed by atoms with Crippen LogP contribution in [0.25, 0.3) is 11.0 Å². The maximum atomic E-state index is 12.4. The van der Waals surface area contributed by atoms with E-state index >= 15 is 0 Å². The van der Waals surface area contributed by atoms with Gasteiger partial charge in [0.2, 0.25) is 0 Å². The number of amides is 1. The van der Waals surface area contributed by atoms with Gasteiger partial charge in [0.15, 0.2) is 0 Å². The first-order valence-corrected chi connectivity index (χ1v) is 8.16. The summed E-state index contributed by atoms with van der Waals surface area (Å²) in [4.78, 5) is 12.4. The summed E-state index contributed by atoms with van der Waals surface area (Å²) in [6.45, 7) is 4.69. The number of nitrogens with one attached hydrogen (secondary N) is 1. The monoisotopic (exact) mass is 358 g/mol. The van der Waals surface area contributed by atoms with E-state index in [-0.39, 0.29) is 24.4 Å². The largest absolute Gasteiger partial charge is 0.463 e. The van der Waals surface area contributed by atoms with Crippen molar-refractivity contribution in [3.8, 4) is 0 Å². The number of carbonyl (C=O) groups excluding carboxylic acids is 1. The molecule has 5 heteroatoms. The van der Waals surface area contributed by atoms with Crippen LogP contribution in [-0.4, -0.2) is 12.5 Å². The van der Waals surface area contributed by atoms with Gasteiger partial charge < -0.3 is 15.5 Å². The molecule has 0 aliphatic heterocycles. The average Bonchev–Trinajstić information content (AvgIpc) is 3.03. The molecule has 0 saturated carbocycles. The molecule has 0 aliphatic rings. The molecule has 0 fully saturated rings. The van der Waals surface area contributed by atoms with Gasteiger partial charge in [-0.25, -0.2) is 0 Å². The third kappa shape index (κ3) is 4.21. The molecule has 3 rings (SSSR count). The molecule has 1 aromatic heterocycles. The molecule has 0 aliphatic carbocycles. The van der Waals surface area contributed by atoms with Crippen molar-refractivity contribution < 1.29 is 9.21 Å². The van der Waals surface area contributed by atoms with E-state index in [0.29, 0.717) is 23.6 Å². The lowest BCUT2D eigenvalue weighted by Crippen LogP contribution is -2.31. The molecule has 0 saturated heterocycles. The Bertz CT molecular complexity index is 840. The third-order valence-electron chi connectivity index (χ3n) is 4.24. The number of hydrogen-bond acceptors (Lipinski definition) is 3. The average molecular weight is 359 g/mol. The molecule has 4 nitrogen and oxygen atoms in total. The second-order valence-electron chi connectivity index (χ2n) is 6.28. The molecule has 1 unspecified atom stereocenters. The number of furan rings is 1. The van der Waals surface area contributed by atoms with Crippen LogP contribution in [0.1, 0.15) is 47.3 Å². The smallest absolute Gasteiger partial charge is 0.255 e. The van der Waals surface area contributed by atoms with Gasteiger partial charge in [-0.1, -0.05) is 56.3 Å². The van der Waals surface area contributed by atoms with Gasteiger partial charge in [-0.2, -0.15) is 0 Å². The highest BCUT2D eigenvalue weighted by atomic mass is 35.5. The summed E-state index contributed by atoms with van der Waals surface area (Å²) in [6.07, 6.45) is 1.49. The van der Waals surface area contributed by atoms with E-state index in [1.165, 1.54) is 11.8 Å². The first kappa shape index (κ1) is 19.0. The maximum Gasteiger partial charge on any atom is 0.255 e. The van der Waals surface area contributed by atoms with Crippen molar-refractivity contribution >= 4 is 29.3 Å². The molecular formula is C20H23ClN2O2. The number of para-hydroxylation sites is 1. The summed E-state index contributed by atoms with van der Waals surface area (Å²) in [5, 5.41) is 3.70.